The van der Waals surface area contributed by atoms with E-state index >= 15 is 0 Å². The van der Waals surface area contributed by atoms with E-state index in [2.05, 4.69) is 12.2 Å². The van der Waals surface area contributed by atoms with E-state index in [0.717, 1.165) is 17.6 Å². The van der Waals surface area contributed by atoms with Gasteiger partial charge in [-0.2, -0.15) is 0 Å². The predicted octanol–water partition coefficient (Wildman–Crippen LogP) is 5.86. The van der Waals surface area contributed by atoms with Gasteiger partial charge in [-0.05, 0) is 31.4 Å². The van der Waals surface area contributed by atoms with Gasteiger partial charge in [0.25, 0.3) is 0 Å². The fourth-order valence-corrected chi connectivity index (χ4v) is 1.99. The molecule has 1 N–H and O–H groups in total. The Balaban J connectivity index is 2.63. The number of aliphatic hydroxyl groups excluding tert-OH is 1. The van der Waals surface area contributed by atoms with Gasteiger partial charge in [-0.15, -0.1) is 0 Å². The third-order valence-electron chi connectivity index (χ3n) is 3.15. The molecular weight excluding hydrogens is 280 g/mol. The molecule has 0 aromatic heterocycles. The molecule has 0 amide bonds. The second-order valence-corrected chi connectivity index (χ2v) is 4.98. The van der Waals surface area contributed by atoms with Crippen molar-refractivity contribution in [1.82, 2.24) is 0 Å². The molecule has 1 rings (SSSR count). The first kappa shape index (κ1) is 18.7. The molecule has 0 spiro atoms. The van der Waals surface area contributed by atoms with Crippen molar-refractivity contribution in [2.75, 3.05) is 0 Å². The molecule has 1 heteroatoms. The Hall–Kier alpha value is -2.38. The van der Waals surface area contributed by atoms with Crippen LogP contribution in [-0.4, -0.2) is 5.11 Å². The number of allylic oxidation sites excluding steroid dienone is 10. The Morgan fingerprint density at radius 3 is 2.30 bits per heavy atom. The molecule has 0 saturated heterocycles. The summed E-state index contributed by atoms with van der Waals surface area (Å²) < 4.78 is 0. The number of hydrogen-bond acceptors (Lipinski definition) is 1. The van der Waals surface area contributed by atoms with Crippen LogP contribution in [0.25, 0.3) is 0 Å². The minimum atomic E-state index is -0.601. The third-order valence-corrected chi connectivity index (χ3v) is 3.15. The molecule has 0 saturated carbocycles. The van der Waals surface area contributed by atoms with Crippen molar-refractivity contribution < 1.29 is 5.11 Å². The lowest BCUT2D eigenvalue weighted by Crippen LogP contribution is -1.99. The summed E-state index contributed by atoms with van der Waals surface area (Å²) in [6.45, 7) is 3.95. The lowest BCUT2D eigenvalue weighted by molar-refractivity contribution is 0.219. The quantitative estimate of drug-likeness (QED) is 0.597. The van der Waals surface area contributed by atoms with E-state index in [1.165, 1.54) is 0 Å². The van der Waals surface area contributed by atoms with Gasteiger partial charge in [-0.25, -0.2) is 0 Å². The van der Waals surface area contributed by atoms with E-state index in [9.17, 15) is 5.11 Å². The highest BCUT2D eigenvalue weighted by Crippen LogP contribution is 2.22. The Morgan fingerprint density at radius 1 is 0.913 bits per heavy atom. The lowest BCUT2D eigenvalue weighted by Gasteiger charge is -2.11. The molecule has 1 aromatic carbocycles. The highest BCUT2D eigenvalue weighted by molar-refractivity contribution is 5.34. The second kappa shape index (κ2) is 12.2. The molecule has 0 bridgehead atoms. The molecule has 23 heavy (non-hydrogen) atoms. The van der Waals surface area contributed by atoms with E-state index < -0.39 is 6.10 Å². The number of hydrogen-bond donors (Lipinski definition) is 1. The molecule has 0 aliphatic carbocycles. The van der Waals surface area contributed by atoms with Gasteiger partial charge in [0, 0.05) is 0 Å². The summed E-state index contributed by atoms with van der Waals surface area (Å²) in [4.78, 5) is 0. The smallest absolute Gasteiger partial charge is 0.104 e. The Kier molecular flexibility index (Phi) is 9.90. The van der Waals surface area contributed by atoms with Crippen molar-refractivity contribution in [2.24, 2.45) is 0 Å². The fraction of sp³-hybridized carbons (Fsp3) is 0.182. The van der Waals surface area contributed by atoms with Crippen LogP contribution in [0.4, 0.5) is 0 Å². The van der Waals surface area contributed by atoms with Crippen molar-refractivity contribution in [1.29, 1.82) is 0 Å². The van der Waals surface area contributed by atoms with E-state index in [4.69, 9.17) is 0 Å². The van der Waals surface area contributed by atoms with Crippen LogP contribution in [-0.2, 0) is 0 Å². The van der Waals surface area contributed by atoms with Crippen LogP contribution in [0.3, 0.4) is 0 Å². The Bertz CT molecular complexity index is 598. The predicted molar refractivity (Wildman–Crippen MR) is 101 cm³/mol. The van der Waals surface area contributed by atoms with Gasteiger partial charge in [0.15, 0.2) is 0 Å². The van der Waals surface area contributed by atoms with Gasteiger partial charge in [-0.3, -0.25) is 0 Å². The zero-order chi connectivity index (χ0) is 16.8. The summed E-state index contributed by atoms with van der Waals surface area (Å²) in [5.41, 5.74) is 1.78. The first-order valence-corrected chi connectivity index (χ1v) is 7.96. The van der Waals surface area contributed by atoms with Gasteiger partial charge in [0.1, 0.15) is 6.10 Å². The second-order valence-electron chi connectivity index (χ2n) is 4.98. The molecule has 0 radical (unpaired) electrons. The molecule has 0 fully saturated rings. The average Bonchev–Trinajstić information content (AvgIpc) is 2.59. The van der Waals surface area contributed by atoms with Gasteiger partial charge in [0.2, 0.25) is 0 Å². The van der Waals surface area contributed by atoms with Crippen molar-refractivity contribution >= 4 is 0 Å². The molecule has 1 aromatic rings. The SMILES string of the molecule is C/C=C/C=C/C=C/C/C=C/C=C(/C=C/C)C(O)c1ccccc1. The van der Waals surface area contributed by atoms with Gasteiger partial charge in [-0.1, -0.05) is 97.2 Å². The third kappa shape index (κ3) is 7.98. The molecule has 1 nitrogen and oxygen atoms in total. The summed E-state index contributed by atoms with van der Waals surface area (Å²) in [6.07, 6.45) is 22.3. The van der Waals surface area contributed by atoms with Crippen molar-refractivity contribution in [3.63, 3.8) is 0 Å². The van der Waals surface area contributed by atoms with Crippen molar-refractivity contribution in [3.8, 4) is 0 Å². The summed E-state index contributed by atoms with van der Waals surface area (Å²) in [7, 11) is 0. The van der Waals surface area contributed by atoms with Gasteiger partial charge in [0.05, 0.1) is 0 Å². The van der Waals surface area contributed by atoms with Crippen molar-refractivity contribution in [2.45, 2.75) is 26.4 Å². The monoisotopic (exact) mass is 306 g/mol. The molecule has 1 atom stereocenters. The summed E-state index contributed by atoms with van der Waals surface area (Å²) >= 11 is 0. The molecule has 120 valence electrons. The fourth-order valence-electron chi connectivity index (χ4n) is 1.99. The molecule has 0 heterocycles. The molecule has 0 aliphatic heterocycles. The molecular formula is C22H26O. The van der Waals surface area contributed by atoms with Crippen molar-refractivity contribution in [3.05, 3.63) is 108 Å². The first-order valence-electron chi connectivity index (χ1n) is 7.96. The molecule has 0 aliphatic rings. The summed E-state index contributed by atoms with van der Waals surface area (Å²) in [5, 5.41) is 10.5. The summed E-state index contributed by atoms with van der Waals surface area (Å²) in [6, 6.07) is 9.70. The molecule has 1 unspecified atom stereocenters. The van der Waals surface area contributed by atoms with Gasteiger partial charge >= 0.3 is 0 Å². The maximum absolute atomic E-state index is 10.5. The van der Waals surface area contributed by atoms with Gasteiger partial charge < -0.3 is 5.11 Å². The van der Waals surface area contributed by atoms with E-state index in [-0.39, 0.29) is 0 Å². The highest BCUT2D eigenvalue weighted by atomic mass is 16.3. The Morgan fingerprint density at radius 2 is 1.61 bits per heavy atom. The van der Waals surface area contributed by atoms with Crippen LogP contribution in [0.1, 0.15) is 31.9 Å². The summed E-state index contributed by atoms with van der Waals surface area (Å²) in [5.74, 6) is 0. The van der Waals surface area contributed by atoms with E-state index in [1.54, 1.807) is 0 Å². The lowest BCUT2D eigenvalue weighted by atomic mass is 10.0. The maximum atomic E-state index is 10.5. The topological polar surface area (TPSA) is 20.2 Å². The van der Waals surface area contributed by atoms with Crippen LogP contribution >= 0.6 is 0 Å². The largest absolute Gasteiger partial charge is 0.384 e. The average molecular weight is 306 g/mol. The minimum absolute atomic E-state index is 0.601. The zero-order valence-corrected chi connectivity index (χ0v) is 14.0. The number of aliphatic hydroxyl groups is 1. The number of benzene rings is 1. The normalized spacial score (nSPS) is 15.0. The standard InChI is InChI=1S/C22H26O/c1-3-5-6-7-8-9-10-11-13-17-20(16-4-2)22(23)21-18-14-12-15-19-21/h3-9,11-19,22-23H,10H2,1-2H3/b5-3+,7-6+,9-8+,13-11+,16-4+,20-17-. The Labute approximate surface area is 140 Å². The van der Waals surface area contributed by atoms with E-state index in [0.29, 0.717) is 0 Å². The van der Waals surface area contributed by atoms with Crippen LogP contribution < -0.4 is 0 Å². The zero-order valence-electron chi connectivity index (χ0n) is 14.0. The van der Waals surface area contributed by atoms with Crippen LogP contribution in [0.5, 0.6) is 0 Å². The first-order chi connectivity index (χ1) is 11.3. The van der Waals surface area contributed by atoms with E-state index in [1.807, 2.05) is 98.9 Å². The van der Waals surface area contributed by atoms with Crippen LogP contribution in [0, 0.1) is 0 Å². The van der Waals surface area contributed by atoms with Crippen LogP contribution in [0.2, 0.25) is 0 Å². The number of rotatable bonds is 8. The van der Waals surface area contributed by atoms with Crippen LogP contribution in [0.15, 0.2) is 103 Å². The highest BCUT2D eigenvalue weighted by Gasteiger charge is 2.09. The maximum Gasteiger partial charge on any atom is 0.104 e. The minimum Gasteiger partial charge on any atom is -0.384 e.